The first-order valence-electron chi connectivity index (χ1n) is 6.67. The molecule has 5 nitrogen and oxygen atoms in total. The van der Waals surface area contributed by atoms with Crippen LogP contribution in [0.4, 0.5) is 0 Å². The van der Waals surface area contributed by atoms with E-state index in [-0.39, 0.29) is 0 Å². The van der Waals surface area contributed by atoms with E-state index in [1.54, 1.807) is 13.3 Å². The molecule has 1 aliphatic heterocycles. The summed E-state index contributed by atoms with van der Waals surface area (Å²) >= 11 is 0. The number of ether oxygens (including phenoxy) is 1. The van der Waals surface area contributed by atoms with Crippen LogP contribution in [0.5, 0.6) is 5.88 Å². The van der Waals surface area contributed by atoms with Crippen molar-refractivity contribution >= 4 is 5.97 Å². The van der Waals surface area contributed by atoms with Crippen LogP contribution in [0.2, 0.25) is 0 Å². The highest BCUT2D eigenvalue weighted by Crippen LogP contribution is 2.22. The molecule has 0 saturated carbocycles. The zero-order valence-electron chi connectivity index (χ0n) is 11.2. The summed E-state index contributed by atoms with van der Waals surface area (Å²) in [7, 11) is 1.59. The number of carboxylic acids is 1. The van der Waals surface area contributed by atoms with E-state index < -0.39 is 12.0 Å². The largest absolute Gasteiger partial charge is 0.481 e. The van der Waals surface area contributed by atoms with E-state index in [9.17, 15) is 9.90 Å². The summed E-state index contributed by atoms with van der Waals surface area (Å²) in [5, 5.41) is 9.35. The molecule has 0 bridgehead atoms. The molecule has 1 aromatic rings. The molecule has 1 saturated heterocycles. The van der Waals surface area contributed by atoms with Gasteiger partial charge in [0.25, 0.3) is 0 Å². The topological polar surface area (TPSA) is 62.7 Å². The fourth-order valence-electron chi connectivity index (χ4n) is 2.58. The first-order chi connectivity index (χ1) is 9.22. The lowest BCUT2D eigenvalue weighted by molar-refractivity contribution is -0.143. The van der Waals surface area contributed by atoms with Crippen LogP contribution in [-0.4, -0.2) is 40.7 Å². The van der Waals surface area contributed by atoms with Crippen molar-refractivity contribution in [3.63, 3.8) is 0 Å². The van der Waals surface area contributed by atoms with Gasteiger partial charge in [0.15, 0.2) is 0 Å². The predicted molar refractivity (Wildman–Crippen MR) is 71.1 cm³/mol. The fraction of sp³-hybridized carbons (Fsp3) is 0.571. The molecule has 1 N–H and O–H groups in total. The normalized spacial score (nSPS) is 20.8. The minimum atomic E-state index is -0.732. The van der Waals surface area contributed by atoms with Crippen LogP contribution in [0.1, 0.15) is 31.2 Å². The summed E-state index contributed by atoms with van der Waals surface area (Å²) in [6, 6.07) is 3.40. The number of aliphatic carboxylic acids is 1. The van der Waals surface area contributed by atoms with Gasteiger partial charge in [-0.15, -0.1) is 0 Å². The van der Waals surface area contributed by atoms with E-state index in [1.165, 1.54) is 0 Å². The molecule has 19 heavy (non-hydrogen) atoms. The molecule has 0 radical (unpaired) electrons. The number of methoxy groups -OCH3 is 1. The molecule has 2 heterocycles. The van der Waals surface area contributed by atoms with Gasteiger partial charge in [0.2, 0.25) is 5.88 Å². The van der Waals surface area contributed by atoms with E-state index in [2.05, 4.69) is 4.98 Å². The Morgan fingerprint density at radius 2 is 2.37 bits per heavy atom. The molecule has 1 aliphatic rings. The quantitative estimate of drug-likeness (QED) is 0.900. The van der Waals surface area contributed by atoms with Gasteiger partial charge < -0.3 is 9.84 Å². The molecule has 0 aliphatic carbocycles. The highest BCUT2D eigenvalue weighted by Gasteiger charge is 2.27. The van der Waals surface area contributed by atoms with E-state index in [0.717, 1.165) is 37.8 Å². The summed E-state index contributed by atoms with van der Waals surface area (Å²) < 4.78 is 5.23. The second-order valence-electron chi connectivity index (χ2n) is 4.85. The van der Waals surface area contributed by atoms with Crippen LogP contribution in [0, 0.1) is 0 Å². The molecule has 0 spiro atoms. The molecule has 1 aromatic heterocycles. The van der Waals surface area contributed by atoms with E-state index in [0.29, 0.717) is 12.4 Å². The molecule has 5 heteroatoms. The van der Waals surface area contributed by atoms with Gasteiger partial charge in [-0.2, -0.15) is 0 Å². The van der Waals surface area contributed by atoms with Gasteiger partial charge in [0, 0.05) is 18.3 Å². The number of likely N-dealkylation sites (tertiary alicyclic amines) is 1. The molecule has 1 unspecified atom stereocenters. The number of nitrogens with zero attached hydrogens (tertiary/aromatic N) is 2. The average molecular weight is 264 g/mol. The van der Waals surface area contributed by atoms with Gasteiger partial charge in [-0.3, -0.25) is 9.69 Å². The number of carboxylic acid groups (broad SMARTS) is 1. The second kappa shape index (κ2) is 6.52. The van der Waals surface area contributed by atoms with Crippen LogP contribution in [0.15, 0.2) is 18.3 Å². The van der Waals surface area contributed by atoms with Gasteiger partial charge in [-0.1, -0.05) is 18.9 Å². The molecule has 2 rings (SSSR count). The number of rotatable bonds is 4. The van der Waals surface area contributed by atoms with Gasteiger partial charge in [-0.05, 0) is 25.5 Å². The Kier molecular flexibility index (Phi) is 4.74. The molecule has 1 fully saturated rings. The first kappa shape index (κ1) is 13.8. The SMILES string of the molecule is COc1ncccc1CN1CCCCCC1C(=O)O. The van der Waals surface area contributed by atoms with Crippen LogP contribution >= 0.6 is 0 Å². The van der Waals surface area contributed by atoms with Crippen molar-refractivity contribution in [2.45, 2.75) is 38.3 Å². The van der Waals surface area contributed by atoms with Crippen molar-refractivity contribution in [3.05, 3.63) is 23.9 Å². The number of hydrogen-bond acceptors (Lipinski definition) is 4. The summed E-state index contributed by atoms with van der Waals surface area (Å²) in [5.74, 6) is -0.152. The minimum Gasteiger partial charge on any atom is -0.481 e. The van der Waals surface area contributed by atoms with E-state index in [4.69, 9.17) is 4.74 Å². The van der Waals surface area contributed by atoms with Crippen LogP contribution < -0.4 is 4.74 Å². The lowest BCUT2D eigenvalue weighted by atomic mass is 10.1. The summed E-state index contributed by atoms with van der Waals surface area (Å²) in [6.45, 7) is 1.39. The standard InChI is InChI=1S/C14H20N2O3/c1-19-13-11(6-5-8-15-13)10-16-9-4-2-3-7-12(16)14(17)18/h5-6,8,12H,2-4,7,9-10H2,1H3,(H,17,18). The number of hydrogen-bond donors (Lipinski definition) is 1. The molecular weight excluding hydrogens is 244 g/mol. The van der Waals surface area contributed by atoms with Gasteiger partial charge in [0.1, 0.15) is 6.04 Å². The van der Waals surface area contributed by atoms with Crippen molar-refractivity contribution in [3.8, 4) is 5.88 Å². The summed E-state index contributed by atoms with van der Waals surface area (Å²) in [4.78, 5) is 17.6. The van der Waals surface area contributed by atoms with Crippen LogP contribution in [-0.2, 0) is 11.3 Å². The maximum absolute atomic E-state index is 11.4. The molecule has 1 atom stereocenters. The molecule has 0 aromatic carbocycles. The Morgan fingerprint density at radius 1 is 1.53 bits per heavy atom. The van der Waals surface area contributed by atoms with E-state index >= 15 is 0 Å². The smallest absolute Gasteiger partial charge is 0.320 e. The van der Waals surface area contributed by atoms with Gasteiger partial charge in [0.05, 0.1) is 7.11 Å². The first-order valence-corrected chi connectivity index (χ1v) is 6.67. The zero-order valence-corrected chi connectivity index (χ0v) is 11.2. The lowest BCUT2D eigenvalue weighted by Gasteiger charge is -2.26. The fourth-order valence-corrected chi connectivity index (χ4v) is 2.58. The Morgan fingerprint density at radius 3 is 3.11 bits per heavy atom. The highest BCUT2D eigenvalue weighted by atomic mass is 16.5. The average Bonchev–Trinajstić information content (AvgIpc) is 2.65. The van der Waals surface area contributed by atoms with Crippen molar-refractivity contribution in [1.82, 2.24) is 9.88 Å². The molecular formula is C14H20N2O3. The predicted octanol–water partition coefficient (Wildman–Crippen LogP) is 1.92. The third-order valence-electron chi connectivity index (χ3n) is 3.57. The Bertz CT molecular complexity index is 436. The van der Waals surface area contributed by atoms with Crippen molar-refractivity contribution in [2.75, 3.05) is 13.7 Å². The summed E-state index contributed by atoms with van der Waals surface area (Å²) in [6.07, 6.45) is 5.53. The Labute approximate surface area is 113 Å². The second-order valence-corrected chi connectivity index (χ2v) is 4.85. The molecule has 104 valence electrons. The maximum atomic E-state index is 11.4. The molecule has 0 amide bonds. The lowest BCUT2D eigenvalue weighted by Crippen LogP contribution is -2.40. The third kappa shape index (κ3) is 3.44. The third-order valence-corrected chi connectivity index (χ3v) is 3.57. The van der Waals surface area contributed by atoms with Crippen molar-refractivity contribution < 1.29 is 14.6 Å². The van der Waals surface area contributed by atoms with Gasteiger partial charge in [-0.25, -0.2) is 4.98 Å². The van der Waals surface area contributed by atoms with Crippen molar-refractivity contribution in [1.29, 1.82) is 0 Å². The van der Waals surface area contributed by atoms with E-state index in [1.807, 2.05) is 17.0 Å². The number of pyridine rings is 1. The highest BCUT2D eigenvalue weighted by molar-refractivity contribution is 5.73. The maximum Gasteiger partial charge on any atom is 0.320 e. The van der Waals surface area contributed by atoms with Crippen LogP contribution in [0.3, 0.4) is 0 Å². The number of carbonyl (C=O) groups is 1. The minimum absolute atomic E-state index is 0.396. The monoisotopic (exact) mass is 264 g/mol. The van der Waals surface area contributed by atoms with Crippen LogP contribution in [0.25, 0.3) is 0 Å². The Balaban J connectivity index is 2.16. The zero-order chi connectivity index (χ0) is 13.7. The number of aromatic nitrogens is 1. The summed E-state index contributed by atoms with van der Waals surface area (Å²) in [5.41, 5.74) is 0.943. The Hall–Kier alpha value is -1.62. The van der Waals surface area contributed by atoms with Crippen molar-refractivity contribution in [2.24, 2.45) is 0 Å². The van der Waals surface area contributed by atoms with Gasteiger partial charge >= 0.3 is 5.97 Å².